The molecule has 0 heterocycles. The number of hydrogen-bond donors (Lipinski definition) is 4. The first kappa shape index (κ1) is 13.5. The van der Waals surface area contributed by atoms with Crippen molar-refractivity contribution in [2.24, 2.45) is 0 Å². The van der Waals surface area contributed by atoms with Crippen LogP contribution in [0.25, 0.3) is 0 Å². The van der Waals surface area contributed by atoms with E-state index < -0.39 is 12.1 Å². The number of carboxylic acids is 1. The summed E-state index contributed by atoms with van der Waals surface area (Å²) in [5.74, 6) is -0.807. The zero-order valence-electron chi connectivity index (χ0n) is 9.47. The maximum absolute atomic E-state index is 10.4. The molecule has 0 fully saturated rings. The SMILES string of the molecule is O=C(O)CCc1ccc(NCC(O)CO)cc1. The summed E-state index contributed by atoms with van der Waals surface area (Å²) in [5.41, 5.74) is 1.79. The molecule has 0 aromatic heterocycles. The van der Waals surface area contributed by atoms with Gasteiger partial charge in [-0.15, -0.1) is 0 Å². The van der Waals surface area contributed by atoms with E-state index in [-0.39, 0.29) is 19.6 Å². The standard InChI is InChI=1S/C12H17NO4/c14-8-11(15)7-13-10-4-1-9(2-5-10)3-6-12(16)17/h1-2,4-5,11,13-15H,3,6-8H2,(H,16,17). The molecule has 1 unspecified atom stereocenters. The Balaban J connectivity index is 2.41. The molecule has 0 aliphatic heterocycles. The number of anilines is 1. The molecule has 1 atom stereocenters. The zero-order valence-corrected chi connectivity index (χ0v) is 9.47. The molecule has 0 saturated heterocycles. The number of aliphatic hydroxyl groups is 2. The molecule has 0 spiro atoms. The summed E-state index contributed by atoms with van der Waals surface area (Å²) >= 11 is 0. The summed E-state index contributed by atoms with van der Waals surface area (Å²) in [7, 11) is 0. The van der Waals surface area contributed by atoms with Crippen molar-refractivity contribution in [1.29, 1.82) is 0 Å². The second kappa shape index (κ2) is 6.88. The van der Waals surface area contributed by atoms with Crippen LogP contribution in [-0.4, -0.2) is 40.5 Å². The molecular formula is C12H17NO4. The van der Waals surface area contributed by atoms with Gasteiger partial charge in [-0.25, -0.2) is 0 Å². The highest BCUT2D eigenvalue weighted by molar-refractivity contribution is 5.67. The Morgan fingerprint density at radius 3 is 2.47 bits per heavy atom. The number of aliphatic hydroxyl groups excluding tert-OH is 2. The summed E-state index contributed by atoms with van der Waals surface area (Å²) in [5, 5.41) is 29.3. The monoisotopic (exact) mass is 239 g/mol. The Kier molecular flexibility index (Phi) is 5.45. The van der Waals surface area contributed by atoms with Crippen LogP contribution in [0, 0.1) is 0 Å². The highest BCUT2D eigenvalue weighted by atomic mass is 16.4. The minimum Gasteiger partial charge on any atom is -0.481 e. The third kappa shape index (κ3) is 5.33. The van der Waals surface area contributed by atoms with Gasteiger partial charge in [-0.3, -0.25) is 4.79 Å². The topological polar surface area (TPSA) is 89.8 Å². The number of aryl methyl sites for hydroxylation is 1. The molecule has 94 valence electrons. The average molecular weight is 239 g/mol. The summed E-state index contributed by atoms with van der Waals surface area (Å²) in [6.45, 7) is 0.00860. The van der Waals surface area contributed by atoms with Crippen LogP contribution >= 0.6 is 0 Å². The lowest BCUT2D eigenvalue weighted by atomic mass is 10.1. The molecule has 0 saturated carbocycles. The molecule has 5 heteroatoms. The van der Waals surface area contributed by atoms with Gasteiger partial charge in [0, 0.05) is 18.7 Å². The van der Waals surface area contributed by atoms with Gasteiger partial charge in [0.15, 0.2) is 0 Å². The molecule has 1 aromatic carbocycles. The van der Waals surface area contributed by atoms with E-state index in [0.717, 1.165) is 11.3 Å². The van der Waals surface area contributed by atoms with Crippen molar-refractivity contribution in [2.45, 2.75) is 18.9 Å². The number of carbonyl (C=O) groups is 1. The molecule has 1 rings (SSSR count). The fraction of sp³-hybridized carbons (Fsp3) is 0.417. The Labute approximate surface area is 99.7 Å². The lowest BCUT2D eigenvalue weighted by molar-refractivity contribution is -0.136. The number of aliphatic carboxylic acids is 1. The molecule has 4 N–H and O–H groups in total. The minimum absolute atomic E-state index is 0.121. The third-order valence-electron chi connectivity index (χ3n) is 2.33. The van der Waals surface area contributed by atoms with Crippen LogP contribution < -0.4 is 5.32 Å². The lowest BCUT2D eigenvalue weighted by Crippen LogP contribution is -2.22. The molecule has 0 aliphatic carbocycles. The quantitative estimate of drug-likeness (QED) is 0.555. The van der Waals surface area contributed by atoms with Crippen LogP contribution in [0.4, 0.5) is 5.69 Å². The molecule has 0 amide bonds. The van der Waals surface area contributed by atoms with Gasteiger partial charge in [-0.05, 0) is 24.1 Å². The zero-order chi connectivity index (χ0) is 12.7. The second-order valence-electron chi connectivity index (χ2n) is 3.81. The Morgan fingerprint density at radius 2 is 1.94 bits per heavy atom. The van der Waals surface area contributed by atoms with Crippen molar-refractivity contribution in [2.75, 3.05) is 18.5 Å². The third-order valence-corrected chi connectivity index (χ3v) is 2.33. The first-order valence-electron chi connectivity index (χ1n) is 5.45. The Hall–Kier alpha value is -1.59. The molecule has 1 aromatic rings. The van der Waals surface area contributed by atoms with Crippen molar-refractivity contribution < 1.29 is 20.1 Å². The van der Waals surface area contributed by atoms with Gasteiger partial charge >= 0.3 is 5.97 Å². The molecule has 17 heavy (non-hydrogen) atoms. The average Bonchev–Trinajstić information content (AvgIpc) is 2.34. The summed E-state index contributed by atoms with van der Waals surface area (Å²) in [6.07, 6.45) is -0.146. The van der Waals surface area contributed by atoms with E-state index >= 15 is 0 Å². The van der Waals surface area contributed by atoms with Crippen molar-refractivity contribution in [3.05, 3.63) is 29.8 Å². The van der Waals surface area contributed by atoms with Crippen LogP contribution in [0.5, 0.6) is 0 Å². The molecule has 0 bridgehead atoms. The predicted molar refractivity (Wildman–Crippen MR) is 64.0 cm³/mol. The molecule has 5 nitrogen and oxygen atoms in total. The van der Waals surface area contributed by atoms with E-state index in [0.29, 0.717) is 6.42 Å². The van der Waals surface area contributed by atoms with E-state index in [1.54, 1.807) is 0 Å². The van der Waals surface area contributed by atoms with Gasteiger partial charge < -0.3 is 20.6 Å². The number of rotatable bonds is 7. The summed E-state index contributed by atoms with van der Waals surface area (Å²) < 4.78 is 0. The van der Waals surface area contributed by atoms with E-state index in [1.165, 1.54) is 0 Å². The van der Waals surface area contributed by atoms with E-state index in [2.05, 4.69) is 5.32 Å². The van der Waals surface area contributed by atoms with Gasteiger partial charge in [0.05, 0.1) is 12.7 Å². The highest BCUT2D eigenvalue weighted by Gasteiger charge is 2.02. The lowest BCUT2D eigenvalue weighted by Gasteiger charge is -2.10. The van der Waals surface area contributed by atoms with Crippen LogP contribution in [-0.2, 0) is 11.2 Å². The molecule has 0 radical (unpaired) electrons. The smallest absolute Gasteiger partial charge is 0.303 e. The van der Waals surface area contributed by atoms with Crippen LogP contribution in [0.15, 0.2) is 24.3 Å². The van der Waals surface area contributed by atoms with E-state index in [1.807, 2.05) is 24.3 Å². The van der Waals surface area contributed by atoms with Crippen LogP contribution in [0.3, 0.4) is 0 Å². The fourth-order valence-corrected chi connectivity index (χ4v) is 1.34. The predicted octanol–water partition coefficient (Wildman–Crippen LogP) is 0.469. The maximum atomic E-state index is 10.4. The fourth-order valence-electron chi connectivity index (χ4n) is 1.34. The van der Waals surface area contributed by atoms with Crippen molar-refractivity contribution >= 4 is 11.7 Å². The number of carboxylic acid groups (broad SMARTS) is 1. The van der Waals surface area contributed by atoms with E-state index in [4.69, 9.17) is 15.3 Å². The van der Waals surface area contributed by atoms with Gasteiger partial charge in [0.25, 0.3) is 0 Å². The molecule has 0 aliphatic rings. The van der Waals surface area contributed by atoms with Crippen LogP contribution in [0.2, 0.25) is 0 Å². The van der Waals surface area contributed by atoms with Gasteiger partial charge in [0.1, 0.15) is 0 Å². The summed E-state index contributed by atoms with van der Waals surface area (Å²) in [6, 6.07) is 7.33. The van der Waals surface area contributed by atoms with Crippen molar-refractivity contribution in [3.63, 3.8) is 0 Å². The van der Waals surface area contributed by atoms with Crippen LogP contribution in [0.1, 0.15) is 12.0 Å². The van der Waals surface area contributed by atoms with Gasteiger partial charge in [-0.1, -0.05) is 12.1 Å². The Morgan fingerprint density at radius 1 is 1.29 bits per heavy atom. The Bertz CT molecular complexity index is 350. The minimum atomic E-state index is -0.807. The second-order valence-corrected chi connectivity index (χ2v) is 3.81. The number of benzene rings is 1. The largest absolute Gasteiger partial charge is 0.481 e. The van der Waals surface area contributed by atoms with Crippen molar-refractivity contribution in [3.8, 4) is 0 Å². The van der Waals surface area contributed by atoms with Gasteiger partial charge in [0.2, 0.25) is 0 Å². The first-order valence-corrected chi connectivity index (χ1v) is 5.45. The van der Waals surface area contributed by atoms with Crippen molar-refractivity contribution in [1.82, 2.24) is 0 Å². The highest BCUT2D eigenvalue weighted by Crippen LogP contribution is 2.11. The number of hydrogen-bond acceptors (Lipinski definition) is 4. The normalized spacial score (nSPS) is 12.1. The van der Waals surface area contributed by atoms with Gasteiger partial charge in [-0.2, -0.15) is 0 Å². The first-order chi connectivity index (χ1) is 8.11. The maximum Gasteiger partial charge on any atom is 0.303 e. The number of nitrogens with one attached hydrogen (secondary N) is 1. The van der Waals surface area contributed by atoms with E-state index in [9.17, 15) is 4.79 Å². The molecular weight excluding hydrogens is 222 g/mol. The summed E-state index contributed by atoms with van der Waals surface area (Å²) in [4.78, 5) is 10.4.